The van der Waals surface area contributed by atoms with Gasteiger partial charge in [-0.05, 0) is 18.5 Å². The number of nitrogens with two attached hydrogens (primary N) is 1. The number of hydrogen-bond donors (Lipinski definition) is 1. The number of rotatable bonds is 3. The van der Waals surface area contributed by atoms with Gasteiger partial charge in [-0.25, -0.2) is 8.42 Å². The summed E-state index contributed by atoms with van der Waals surface area (Å²) in [7, 11) is -2.84. The molecule has 0 radical (unpaired) electrons. The van der Waals surface area contributed by atoms with E-state index in [4.69, 9.17) is 5.73 Å². The van der Waals surface area contributed by atoms with Crippen LogP contribution >= 0.6 is 0 Å². The largest absolute Gasteiger partial charge is 0.323 e. The van der Waals surface area contributed by atoms with Crippen molar-refractivity contribution in [2.24, 2.45) is 5.73 Å². The summed E-state index contributed by atoms with van der Waals surface area (Å²) in [6, 6.07) is 9.89. The van der Waals surface area contributed by atoms with Crippen LogP contribution in [0.15, 0.2) is 30.3 Å². The van der Waals surface area contributed by atoms with Crippen molar-refractivity contribution in [3.63, 3.8) is 0 Å². The third-order valence-electron chi connectivity index (χ3n) is 3.33. The summed E-state index contributed by atoms with van der Waals surface area (Å²) < 4.78 is 23.0. The minimum Gasteiger partial charge on any atom is -0.323 e. The number of nitrogens with zero attached hydrogens (tertiary/aromatic N) is 1. The molecule has 4 nitrogen and oxygen atoms in total. The van der Waals surface area contributed by atoms with Gasteiger partial charge in [-0.2, -0.15) is 0 Å². The Morgan fingerprint density at radius 1 is 1.17 bits per heavy atom. The lowest BCUT2D eigenvalue weighted by Crippen LogP contribution is -2.34. The summed E-state index contributed by atoms with van der Waals surface area (Å²) in [4.78, 5) is 2.15. The first-order valence-electron chi connectivity index (χ1n) is 6.30. The van der Waals surface area contributed by atoms with Crippen LogP contribution in [0.1, 0.15) is 18.0 Å². The van der Waals surface area contributed by atoms with Crippen molar-refractivity contribution in [2.75, 3.05) is 31.1 Å². The average molecular weight is 268 g/mol. The smallest absolute Gasteiger partial charge is 0.151 e. The Labute approximate surface area is 109 Å². The van der Waals surface area contributed by atoms with Crippen LogP contribution in [0.3, 0.4) is 0 Å². The maximum absolute atomic E-state index is 11.5. The fraction of sp³-hybridized carbons (Fsp3) is 0.538. The Hall–Kier alpha value is -0.910. The van der Waals surface area contributed by atoms with Crippen LogP contribution < -0.4 is 5.73 Å². The van der Waals surface area contributed by atoms with Gasteiger partial charge in [-0.1, -0.05) is 30.3 Å². The molecule has 0 aliphatic carbocycles. The summed E-state index contributed by atoms with van der Waals surface area (Å²) in [5.74, 6) is 0.568. The van der Waals surface area contributed by atoms with E-state index >= 15 is 0 Å². The molecule has 0 spiro atoms. The molecule has 1 saturated heterocycles. The van der Waals surface area contributed by atoms with Gasteiger partial charge in [0, 0.05) is 19.1 Å². The second-order valence-electron chi connectivity index (χ2n) is 4.82. The van der Waals surface area contributed by atoms with Crippen molar-refractivity contribution in [3.05, 3.63) is 35.9 Å². The normalized spacial score (nSPS) is 22.3. The second-order valence-corrected chi connectivity index (χ2v) is 7.13. The fourth-order valence-corrected chi connectivity index (χ4v) is 3.57. The van der Waals surface area contributed by atoms with Crippen molar-refractivity contribution < 1.29 is 8.42 Å². The molecule has 100 valence electrons. The lowest BCUT2D eigenvalue weighted by atomic mass is 10.1. The van der Waals surface area contributed by atoms with E-state index < -0.39 is 9.84 Å². The highest BCUT2D eigenvalue weighted by Gasteiger charge is 2.20. The third-order valence-corrected chi connectivity index (χ3v) is 5.05. The molecule has 0 bridgehead atoms. The van der Waals surface area contributed by atoms with Gasteiger partial charge in [0.25, 0.3) is 0 Å². The predicted octanol–water partition coefficient (Wildman–Crippen LogP) is 0.807. The molecule has 1 atom stereocenters. The number of hydrogen-bond acceptors (Lipinski definition) is 4. The van der Waals surface area contributed by atoms with Crippen LogP contribution in [0.2, 0.25) is 0 Å². The fourth-order valence-electron chi connectivity index (χ4n) is 2.26. The molecule has 1 aliphatic heterocycles. The summed E-state index contributed by atoms with van der Waals surface area (Å²) in [6.07, 6.45) is 0.712. The van der Waals surface area contributed by atoms with Gasteiger partial charge in [0.1, 0.15) is 0 Å². The van der Waals surface area contributed by atoms with E-state index in [-0.39, 0.29) is 11.8 Å². The lowest BCUT2D eigenvalue weighted by molar-refractivity contribution is 0.277. The standard InChI is InChI=1S/C13H20N2O2S/c14-13(12-5-2-1-3-6-12)11-15-7-4-9-18(16,17)10-8-15/h1-3,5-6,13H,4,7-11,14H2. The quantitative estimate of drug-likeness (QED) is 0.881. The maximum atomic E-state index is 11.5. The van der Waals surface area contributed by atoms with E-state index in [0.717, 1.165) is 18.7 Å². The predicted molar refractivity (Wildman–Crippen MR) is 73.1 cm³/mol. The van der Waals surface area contributed by atoms with Crippen LogP contribution in [0.5, 0.6) is 0 Å². The number of benzene rings is 1. The van der Waals surface area contributed by atoms with Crippen LogP contribution in [-0.4, -0.2) is 44.5 Å². The minimum atomic E-state index is -2.84. The molecule has 1 fully saturated rings. The van der Waals surface area contributed by atoms with Crippen molar-refractivity contribution in [2.45, 2.75) is 12.5 Å². The first-order chi connectivity index (χ1) is 8.57. The maximum Gasteiger partial charge on any atom is 0.151 e. The topological polar surface area (TPSA) is 63.4 Å². The summed E-state index contributed by atoms with van der Waals surface area (Å²) >= 11 is 0. The van der Waals surface area contributed by atoms with E-state index in [1.165, 1.54) is 0 Å². The minimum absolute atomic E-state index is 0.0491. The summed E-state index contributed by atoms with van der Waals surface area (Å²) in [6.45, 7) is 2.14. The number of sulfone groups is 1. The van der Waals surface area contributed by atoms with Gasteiger partial charge in [-0.15, -0.1) is 0 Å². The van der Waals surface area contributed by atoms with Gasteiger partial charge < -0.3 is 10.6 Å². The molecule has 2 N–H and O–H groups in total. The first kappa shape index (κ1) is 13.5. The monoisotopic (exact) mass is 268 g/mol. The lowest BCUT2D eigenvalue weighted by Gasteiger charge is -2.23. The highest BCUT2D eigenvalue weighted by atomic mass is 32.2. The van der Waals surface area contributed by atoms with Crippen LogP contribution in [-0.2, 0) is 9.84 Å². The van der Waals surface area contributed by atoms with Crippen molar-refractivity contribution >= 4 is 9.84 Å². The zero-order valence-corrected chi connectivity index (χ0v) is 11.3. The van der Waals surface area contributed by atoms with E-state index in [9.17, 15) is 8.42 Å². The SMILES string of the molecule is NC(CN1CCCS(=O)(=O)CC1)c1ccccc1. The molecule has 0 aromatic heterocycles. The highest BCUT2D eigenvalue weighted by molar-refractivity contribution is 7.91. The zero-order chi connectivity index (χ0) is 13.0. The summed E-state index contributed by atoms with van der Waals surface area (Å²) in [5.41, 5.74) is 7.25. The molecular formula is C13H20N2O2S. The molecule has 5 heteroatoms. The third kappa shape index (κ3) is 3.80. The van der Waals surface area contributed by atoms with Crippen molar-refractivity contribution in [3.8, 4) is 0 Å². The van der Waals surface area contributed by atoms with Crippen molar-refractivity contribution in [1.29, 1.82) is 0 Å². The molecule has 2 rings (SSSR count). The molecule has 1 aromatic rings. The molecule has 1 unspecified atom stereocenters. The molecule has 0 amide bonds. The average Bonchev–Trinajstić information content (AvgIpc) is 2.52. The Bertz CT molecular complexity index is 473. The van der Waals surface area contributed by atoms with E-state index in [1.54, 1.807) is 0 Å². The molecular weight excluding hydrogens is 248 g/mol. The second kappa shape index (κ2) is 5.82. The van der Waals surface area contributed by atoms with Gasteiger partial charge in [0.2, 0.25) is 0 Å². The van der Waals surface area contributed by atoms with Crippen LogP contribution in [0, 0.1) is 0 Å². The Kier molecular flexibility index (Phi) is 4.37. The van der Waals surface area contributed by atoms with E-state index in [0.29, 0.717) is 18.7 Å². The molecule has 0 saturated carbocycles. The van der Waals surface area contributed by atoms with Crippen molar-refractivity contribution in [1.82, 2.24) is 4.90 Å². The molecule has 1 aliphatic rings. The Morgan fingerprint density at radius 2 is 1.89 bits per heavy atom. The molecule has 1 heterocycles. The van der Waals surface area contributed by atoms with E-state index in [2.05, 4.69) is 4.90 Å². The van der Waals surface area contributed by atoms with E-state index in [1.807, 2.05) is 30.3 Å². The zero-order valence-electron chi connectivity index (χ0n) is 10.5. The van der Waals surface area contributed by atoms with Gasteiger partial charge in [-0.3, -0.25) is 0 Å². The first-order valence-corrected chi connectivity index (χ1v) is 8.12. The highest BCUT2D eigenvalue weighted by Crippen LogP contribution is 2.13. The van der Waals surface area contributed by atoms with Gasteiger partial charge in [0.05, 0.1) is 11.5 Å². The molecule has 18 heavy (non-hydrogen) atoms. The van der Waals surface area contributed by atoms with Crippen LogP contribution in [0.4, 0.5) is 0 Å². The molecule has 1 aromatic carbocycles. The summed E-state index contributed by atoms with van der Waals surface area (Å²) in [5, 5.41) is 0. The van der Waals surface area contributed by atoms with Crippen LogP contribution in [0.25, 0.3) is 0 Å². The van der Waals surface area contributed by atoms with Gasteiger partial charge in [0.15, 0.2) is 9.84 Å². The Balaban J connectivity index is 1.94. The van der Waals surface area contributed by atoms with Gasteiger partial charge >= 0.3 is 0 Å². The Morgan fingerprint density at radius 3 is 2.61 bits per heavy atom.